The van der Waals surface area contributed by atoms with Crippen molar-refractivity contribution >= 4 is 5.71 Å². The van der Waals surface area contributed by atoms with E-state index in [0.29, 0.717) is 6.04 Å². The Morgan fingerprint density at radius 3 is 2.55 bits per heavy atom. The molecule has 1 aliphatic carbocycles. The average Bonchev–Trinajstić information content (AvgIpc) is 1.79. The zero-order valence-corrected chi connectivity index (χ0v) is 7.89. The van der Waals surface area contributed by atoms with Crippen molar-refractivity contribution in [3.05, 3.63) is 11.6 Å². The fourth-order valence-electron chi connectivity index (χ4n) is 1.40. The van der Waals surface area contributed by atoms with Crippen LogP contribution in [0, 0.1) is 5.92 Å². The van der Waals surface area contributed by atoms with Crippen LogP contribution in [0.3, 0.4) is 0 Å². The van der Waals surface area contributed by atoms with Gasteiger partial charge in [-0.05, 0) is 38.7 Å². The third kappa shape index (κ3) is 2.18. The Kier molecular flexibility index (Phi) is 2.48. The summed E-state index contributed by atoms with van der Waals surface area (Å²) in [6.07, 6.45) is 3.53. The first-order valence-electron chi connectivity index (χ1n) is 4.35. The molecule has 11 heavy (non-hydrogen) atoms. The number of allylic oxidation sites excluding steroid dienone is 2. The van der Waals surface area contributed by atoms with E-state index in [-0.39, 0.29) is 0 Å². The third-order valence-electron chi connectivity index (χ3n) is 1.94. The minimum atomic E-state index is 0.437. The van der Waals surface area contributed by atoms with Gasteiger partial charge in [-0.2, -0.15) is 0 Å². The smallest absolute Gasteiger partial charge is 0.0446 e. The van der Waals surface area contributed by atoms with E-state index in [1.165, 1.54) is 17.7 Å². The van der Waals surface area contributed by atoms with Crippen LogP contribution in [0.15, 0.2) is 16.6 Å². The van der Waals surface area contributed by atoms with Crippen molar-refractivity contribution in [1.82, 2.24) is 0 Å². The molecular formula is C10H17N. The Balaban J connectivity index is 2.56. The van der Waals surface area contributed by atoms with E-state index < -0.39 is 0 Å². The molecule has 1 heteroatoms. The average molecular weight is 151 g/mol. The molecule has 0 N–H and O–H groups in total. The summed E-state index contributed by atoms with van der Waals surface area (Å²) in [7, 11) is 0. The third-order valence-corrected chi connectivity index (χ3v) is 1.94. The van der Waals surface area contributed by atoms with E-state index in [0.717, 1.165) is 5.92 Å². The van der Waals surface area contributed by atoms with Crippen LogP contribution in [0.2, 0.25) is 0 Å². The van der Waals surface area contributed by atoms with Gasteiger partial charge in [0.25, 0.3) is 0 Å². The lowest BCUT2D eigenvalue weighted by molar-refractivity contribution is 0.658. The highest BCUT2D eigenvalue weighted by atomic mass is 14.8. The van der Waals surface area contributed by atoms with Crippen molar-refractivity contribution in [2.24, 2.45) is 10.9 Å². The zero-order chi connectivity index (χ0) is 8.43. The molecule has 1 aliphatic rings. The molecule has 1 rings (SSSR count). The van der Waals surface area contributed by atoms with E-state index in [1.54, 1.807) is 0 Å². The SMILES string of the molecule is CC(=NC(C)C)C1=CC(C)C1. The molecule has 0 bridgehead atoms. The minimum absolute atomic E-state index is 0.437. The Morgan fingerprint density at radius 1 is 1.64 bits per heavy atom. The summed E-state index contributed by atoms with van der Waals surface area (Å²) in [6.45, 7) is 8.59. The lowest BCUT2D eigenvalue weighted by atomic mass is 9.85. The van der Waals surface area contributed by atoms with Gasteiger partial charge in [0.1, 0.15) is 0 Å². The summed E-state index contributed by atoms with van der Waals surface area (Å²) in [5.41, 5.74) is 2.68. The fourth-order valence-corrected chi connectivity index (χ4v) is 1.40. The van der Waals surface area contributed by atoms with Gasteiger partial charge in [0.2, 0.25) is 0 Å². The van der Waals surface area contributed by atoms with E-state index in [2.05, 4.69) is 38.8 Å². The molecular weight excluding hydrogens is 134 g/mol. The van der Waals surface area contributed by atoms with Crippen molar-refractivity contribution < 1.29 is 0 Å². The number of nitrogens with zero attached hydrogens (tertiary/aromatic N) is 1. The van der Waals surface area contributed by atoms with Crippen LogP contribution < -0.4 is 0 Å². The molecule has 0 spiro atoms. The summed E-state index contributed by atoms with van der Waals surface area (Å²) in [4.78, 5) is 4.48. The molecule has 0 aromatic heterocycles. The van der Waals surface area contributed by atoms with Gasteiger partial charge < -0.3 is 0 Å². The summed E-state index contributed by atoms with van der Waals surface area (Å²) in [6, 6.07) is 0.437. The van der Waals surface area contributed by atoms with E-state index in [4.69, 9.17) is 0 Å². The molecule has 0 fully saturated rings. The summed E-state index contributed by atoms with van der Waals surface area (Å²) in [5.74, 6) is 0.780. The van der Waals surface area contributed by atoms with Crippen LogP contribution in [0.4, 0.5) is 0 Å². The normalized spacial score (nSPS) is 25.0. The van der Waals surface area contributed by atoms with Crippen LogP contribution in [-0.4, -0.2) is 11.8 Å². The Bertz CT molecular complexity index is 199. The Morgan fingerprint density at radius 2 is 2.18 bits per heavy atom. The quantitative estimate of drug-likeness (QED) is 0.538. The summed E-state index contributed by atoms with van der Waals surface area (Å²) >= 11 is 0. The number of aliphatic imine (C=N–C) groups is 1. The van der Waals surface area contributed by atoms with Crippen molar-refractivity contribution in [2.75, 3.05) is 0 Å². The van der Waals surface area contributed by atoms with E-state index in [1.807, 2.05) is 0 Å². The molecule has 1 unspecified atom stereocenters. The van der Waals surface area contributed by atoms with Gasteiger partial charge in [0, 0.05) is 11.8 Å². The van der Waals surface area contributed by atoms with Crippen LogP contribution in [-0.2, 0) is 0 Å². The first-order valence-corrected chi connectivity index (χ1v) is 4.35. The molecule has 0 aliphatic heterocycles. The predicted molar refractivity (Wildman–Crippen MR) is 50.1 cm³/mol. The second-order valence-electron chi connectivity index (χ2n) is 3.68. The highest BCUT2D eigenvalue weighted by Gasteiger charge is 2.15. The first kappa shape index (κ1) is 8.51. The molecule has 0 amide bonds. The standard InChI is InChI=1S/C10H17N/c1-7(2)11-9(4)10-5-8(3)6-10/h5,7-8H,6H2,1-4H3. The molecule has 0 saturated heterocycles. The topological polar surface area (TPSA) is 12.4 Å². The number of hydrogen-bond acceptors (Lipinski definition) is 1. The maximum atomic E-state index is 4.48. The van der Waals surface area contributed by atoms with Crippen LogP contribution >= 0.6 is 0 Å². The maximum Gasteiger partial charge on any atom is 0.0446 e. The second kappa shape index (κ2) is 3.21. The van der Waals surface area contributed by atoms with Gasteiger partial charge in [-0.25, -0.2) is 0 Å². The largest absolute Gasteiger partial charge is 0.287 e. The molecule has 0 heterocycles. The summed E-state index contributed by atoms with van der Waals surface area (Å²) in [5, 5.41) is 0. The van der Waals surface area contributed by atoms with Crippen LogP contribution in [0.25, 0.3) is 0 Å². The molecule has 1 atom stereocenters. The highest BCUT2D eigenvalue weighted by Crippen LogP contribution is 2.26. The van der Waals surface area contributed by atoms with Gasteiger partial charge in [0.05, 0.1) is 0 Å². The van der Waals surface area contributed by atoms with Gasteiger partial charge in [-0.3, -0.25) is 4.99 Å². The lowest BCUT2D eigenvalue weighted by Crippen LogP contribution is -2.13. The van der Waals surface area contributed by atoms with Crippen molar-refractivity contribution in [1.29, 1.82) is 0 Å². The Hall–Kier alpha value is -0.590. The lowest BCUT2D eigenvalue weighted by Gasteiger charge is -2.21. The fraction of sp³-hybridized carbons (Fsp3) is 0.700. The van der Waals surface area contributed by atoms with E-state index >= 15 is 0 Å². The zero-order valence-electron chi connectivity index (χ0n) is 7.89. The molecule has 0 saturated carbocycles. The molecule has 62 valence electrons. The van der Waals surface area contributed by atoms with Crippen molar-refractivity contribution in [3.8, 4) is 0 Å². The first-order chi connectivity index (χ1) is 5.09. The van der Waals surface area contributed by atoms with Crippen LogP contribution in [0.5, 0.6) is 0 Å². The maximum absolute atomic E-state index is 4.48. The van der Waals surface area contributed by atoms with Crippen molar-refractivity contribution in [2.45, 2.75) is 40.2 Å². The van der Waals surface area contributed by atoms with Gasteiger partial charge in [-0.15, -0.1) is 0 Å². The number of hydrogen-bond donors (Lipinski definition) is 0. The molecule has 0 aromatic carbocycles. The van der Waals surface area contributed by atoms with Crippen LogP contribution in [0.1, 0.15) is 34.1 Å². The predicted octanol–water partition coefficient (Wildman–Crippen LogP) is 2.82. The summed E-state index contributed by atoms with van der Waals surface area (Å²) < 4.78 is 0. The van der Waals surface area contributed by atoms with E-state index in [9.17, 15) is 0 Å². The highest BCUT2D eigenvalue weighted by molar-refractivity contribution is 5.99. The monoisotopic (exact) mass is 151 g/mol. The molecule has 0 aromatic rings. The van der Waals surface area contributed by atoms with Gasteiger partial charge in [0.15, 0.2) is 0 Å². The molecule has 1 nitrogen and oxygen atoms in total. The Labute approximate surface area is 69.2 Å². The number of rotatable bonds is 2. The van der Waals surface area contributed by atoms with Gasteiger partial charge in [-0.1, -0.05) is 13.0 Å². The minimum Gasteiger partial charge on any atom is -0.287 e. The molecule has 0 radical (unpaired) electrons. The second-order valence-corrected chi connectivity index (χ2v) is 3.68. The van der Waals surface area contributed by atoms with Gasteiger partial charge >= 0.3 is 0 Å². The van der Waals surface area contributed by atoms with Crippen molar-refractivity contribution in [3.63, 3.8) is 0 Å².